The summed E-state index contributed by atoms with van der Waals surface area (Å²) in [6.07, 6.45) is 2.88. The maximum Gasteiger partial charge on any atom is 0.254 e. The Morgan fingerprint density at radius 3 is 2.85 bits per heavy atom. The molecule has 1 aromatic heterocycles. The molecule has 0 saturated carbocycles. The summed E-state index contributed by atoms with van der Waals surface area (Å²) in [7, 11) is 3.49. The number of aromatic nitrogens is 1. The topological polar surface area (TPSA) is 48.5 Å². The number of nitrogens with zero attached hydrogens (tertiary/aromatic N) is 3. The van der Waals surface area contributed by atoms with Gasteiger partial charge in [-0.05, 0) is 37.6 Å². The van der Waals surface area contributed by atoms with Gasteiger partial charge in [0.1, 0.15) is 5.82 Å². The van der Waals surface area contributed by atoms with E-state index in [2.05, 4.69) is 22.1 Å². The number of hydrogen-bond acceptors (Lipinski definition) is 4. The molecule has 0 aromatic carbocycles. The monoisotopic (exact) mass is 276 g/mol. The summed E-state index contributed by atoms with van der Waals surface area (Å²) in [6, 6.07) is 3.70. The highest BCUT2D eigenvalue weighted by Gasteiger charge is 2.20. The highest BCUT2D eigenvalue weighted by atomic mass is 16.2. The Bertz CT molecular complexity index is 444. The van der Waals surface area contributed by atoms with Gasteiger partial charge in [-0.3, -0.25) is 4.79 Å². The second kappa shape index (κ2) is 6.70. The molecule has 0 aliphatic carbocycles. The number of likely N-dealkylation sites (tertiary alicyclic amines) is 1. The van der Waals surface area contributed by atoms with E-state index in [1.165, 1.54) is 19.5 Å². The Hall–Kier alpha value is -1.62. The minimum absolute atomic E-state index is 0.0153. The largest absolute Gasteiger partial charge is 0.370 e. The second-order valence-electron chi connectivity index (χ2n) is 5.56. The molecule has 2 heterocycles. The van der Waals surface area contributed by atoms with E-state index in [1.807, 2.05) is 12.1 Å². The lowest BCUT2D eigenvalue weighted by atomic mass is 10.1. The van der Waals surface area contributed by atoms with Gasteiger partial charge in [0, 0.05) is 33.4 Å². The van der Waals surface area contributed by atoms with Gasteiger partial charge in [-0.1, -0.05) is 6.92 Å². The SMILES string of the molecule is CCN1CCC(CNc2ccc(C(=O)N(C)C)cn2)C1. The van der Waals surface area contributed by atoms with Gasteiger partial charge in [-0.15, -0.1) is 0 Å². The lowest BCUT2D eigenvalue weighted by molar-refractivity contribution is 0.0827. The van der Waals surface area contributed by atoms with Gasteiger partial charge in [-0.2, -0.15) is 0 Å². The number of carbonyl (C=O) groups excluding carboxylic acids is 1. The van der Waals surface area contributed by atoms with E-state index >= 15 is 0 Å². The number of pyridine rings is 1. The minimum Gasteiger partial charge on any atom is -0.370 e. The highest BCUT2D eigenvalue weighted by molar-refractivity contribution is 5.93. The molecule has 1 fully saturated rings. The molecule has 1 N–H and O–H groups in total. The van der Waals surface area contributed by atoms with Crippen molar-refractivity contribution in [1.29, 1.82) is 0 Å². The summed E-state index contributed by atoms with van der Waals surface area (Å²) < 4.78 is 0. The van der Waals surface area contributed by atoms with Gasteiger partial charge in [0.05, 0.1) is 5.56 Å². The fraction of sp³-hybridized carbons (Fsp3) is 0.600. The summed E-state index contributed by atoms with van der Waals surface area (Å²) in [6.45, 7) is 6.66. The van der Waals surface area contributed by atoms with Crippen LogP contribution in [0.5, 0.6) is 0 Å². The number of amides is 1. The Balaban J connectivity index is 1.84. The molecule has 1 aromatic rings. The first-order chi connectivity index (χ1) is 9.60. The molecule has 110 valence electrons. The zero-order valence-electron chi connectivity index (χ0n) is 12.6. The van der Waals surface area contributed by atoms with Crippen LogP contribution in [0, 0.1) is 5.92 Å². The highest BCUT2D eigenvalue weighted by Crippen LogP contribution is 2.16. The number of rotatable bonds is 5. The van der Waals surface area contributed by atoms with Crippen molar-refractivity contribution in [2.75, 3.05) is 45.6 Å². The second-order valence-corrected chi connectivity index (χ2v) is 5.56. The molecule has 5 nitrogen and oxygen atoms in total. The average molecular weight is 276 g/mol. The maximum absolute atomic E-state index is 11.8. The standard InChI is InChI=1S/C15H24N4O/c1-4-19-8-7-12(11-19)9-16-14-6-5-13(10-17-14)15(20)18(2)3/h5-6,10,12H,4,7-9,11H2,1-3H3,(H,16,17). The van der Waals surface area contributed by atoms with Crippen molar-refractivity contribution in [3.63, 3.8) is 0 Å². The zero-order valence-corrected chi connectivity index (χ0v) is 12.6. The van der Waals surface area contributed by atoms with Crippen molar-refractivity contribution in [3.8, 4) is 0 Å². The van der Waals surface area contributed by atoms with Crippen LogP contribution < -0.4 is 5.32 Å². The van der Waals surface area contributed by atoms with Crippen molar-refractivity contribution in [3.05, 3.63) is 23.9 Å². The van der Waals surface area contributed by atoms with Gasteiger partial charge in [0.25, 0.3) is 5.91 Å². The first-order valence-corrected chi connectivity index (χ1v) is 7.24. The van der Waals surface area contributed by atoms with Crippen molar-refractivity contribution < 1.29 is 4.79 Å². The Morgan fingerprint density at radius 1 is 1.50 bits per heavy atom. The van der Waals surface area contributed by atoms with Crippen LogP contribution in [0.25, 0.3) is 0 Å². The van der Waals surface area contributed by atoms with Crippen LogP contribution in [0.1, 0.15) is 23.7 Å². The summed E-state index contributed by atoms with van der Waals surface area (Å²) >= 11 is 0. The Labute approximate surface area is 121 Å². The molecule has 1 saturated heterocycles. The molecule has 0 bridgehead atoms. The fourth-order valence-electron chi connectivity index (χ4n) is 2.50. The van der Waals surface area contributed by atoms with E-state index in [0.29, 0.717) is 11.5 Å². The molecule has 1 unspecified atom stereocenters. The van der Waals surface area contributed by atoms with Gasteiger partial charge in [0.2, 0.25) is 0 Å². The number of carbonyl (C=O) groups is 1. The smallest absolute Gasteiger partial charge is 0.254 e. The number of anilines is 1. The number of hydrogen-bond donors (Lipinski definition) is 1. The molecular weight excluding hydrogens is 252 g/mol. The normalized spacial score (nSPS) is 19.1. The number of nitrogens with one attached hydrogen (secondary N) is 1. The van der Waals surface area contributed by atoms with Crippen LogP contribution in [0.2, 0.25) is 0 Å². The van der Waals surface area contributed by atoms with E-state index in [0.717, 1.165) is 18.9 Å². The van der Waals surface area contributed by atoms with Crippen molar-refractivity contribution in [1.82, 2.24) is 14.8 Å². The van der Waals surface area contributed by atoms with Gasteiger partial charge >= 0.3 is 0 Å². The van der Waals surface area contributed by atoms with E-state index in [1.54, 1.807) is 25.2 Å². The summed E-state index contributed by atoms with van der Waals surface area (Å²) in [5.41, 5.74) is 0.624. The Kier molecular flexibility index (Phi) is 4.95. The van der Waals surface area contributed by atoms with Crippen LogP contribution in [0.4, 0.5) is 5.82 Å². The van der Waals surface area contributed by atoms with E-state index in [4.69, 9.17) is 0 Å². The Morgan fingerprint density at radius 2 is 2.30 bits per heavy atom. The lowest BCUT2D eigenvalue weighted by Gasteiger charge is -2.14. The third kappa shape index (κ3) is 3.70. The van der Waals surface area contributed by atoms with Crippen molar-refractivity contribution in [2.24, 2.45) is 5.92 Å². The van der Waals surface area contributed by atoms with Crippen LogP contribution in [-0.4, -0.2) is 61.0 Å². The molecule has 0 radical (unpaired) electrons. The molecular formula is C15H24N4O. The predicted octanol–water partition coefficient (Wildman–Crippen LogP) is 1.54. The fourth-order valence-corrected chi connectivity index (χ4v) is 2.50. The molecule has 5 heteroatoms. The summed E-state index contributed by atoms with van der Waals surface area (Å²) in [4.78, 5) is 20.1. The van der Waals surface area contributed by atoms with Crippen LogP contribution in [0.3, 0.4) is 0 Å². The summed E-state index contributed by atoms with van der Waals surface area (Å²) in [5, 5.41) is 3.36. The third-order valence-electron chi connectivity index (χ3n) is 3.81. The van der Waals surface area contributed by atoms with Gasteiger partial charge < -0.3 is 15.1 Å². The van der Waals surface area contributed by atoms with Crippen molar-refractivity contribution >= 4 is 11.7 Å². The molecule has 2 rings (SSSR count). The molecule has 20 heavy (non-hydrogen) atoms. The zero-order chi connectivity index (χ0) is 14.5. The van der Waals surface area contributed by atoms with Crippen molar-refractivity contribution in [2.45, 2.75) is 13.3 Å². The summed E-state index contributed by atoms with van der Waals surface area (Å²) in [5.74, 6) is 1.52. The van der Waals surface area contributed by atoms with Crippen LogP contribution >= 0.6 is 0 Å². The minimum atomic E-state index is -0.0153. The van der Waals surface area contributed by atoms with Gasteiger partial charge in [-0.25, -0.2) is 4.98 Å². The molecule has 1 amide bonds. The lowest BCUT2D eigenvalue weighted by Crippen LogP contribution is -2.23. The van der Waals surface area contributed by atoms with E-state index in [-0.39, 0.29) is 5.91 Å². The molecule has 1 aliphatic rings. The predicted molar refractivity (Wildman–Crippen MR) is 81.0 cm³/mol. The molecule has 1 aliphatic heterocycles. The molecule has 1 atom stereocenters. The van der Waals surface area contributed by atoms with E-state index < -0.39 is 0 Å². The quantitative estimate of drug-likeness (QED) is 0.886. The van der Waals surface area contributed by atoms with E-state index in [9.17, 15) is 4.79 Å². The van der Waals surface area contributed by atoms with Crippen LogP contribution in [0.15, 0.2) is 18.3 Å². The van der Waals surface area contributed by atoms with Gasteiger partial charge in [0.15, 0.2) is 0 Å². The first-order valence-electron chi connectivity index (χ1n) is 7.24. The molecule has 0 spiro atoms. The first kappa shape index (κ1) is 14.8. The maximum atomic E-state index is 11.8. The van der Waals surface area contributed by atoms with Crippen LogP contribution in [-0.2, 0) is 0 Å². The third-order valence-corrected chi connectivity index (χ3v) is 3.81. The average Bonchev–Trinajstić information content (AvgIpc) is 2.93.